The summed E-state index contributed by atoms with van der Waals surface area (Å²) in [5.41, 5.74) is 5.11. The molecule has 3 N–H and O–H groups in total. The fourth-order valence-electron chi connectivity index (χ4n) is 3.96. The highest BCUT2D eigenvalue weighted by atomic mass is 35.5. The van der Waals surface area contributed by atoms with E-state index in [0.29, 0.717) is 29.8 Å². The Balaban J connectivity index is 1.22. The molecule has 0 aliphatic carbocycles. The number of anilines is 3. The molecule has 0 aliphatic heterocycles. The van der Waals surface area contributed by atoms with Crippen molar-refractivity contribution in [3.8, 4) is 11.3 Å². The maximum absolute atomic E-state index is 12.0. The number of para-hydroxylation sites is 1. The lowest BCUT2D eigenvalue weighted by atomic mass is 10.1. The van der Waals surface area contributed by atoms with Crippen LogP contribution in [0, 0.1) is 0 Å². The van der Waals surface area contributed by atoms with Crippen molar-refractivity contribution in [1.82, 2.24) is 29.6 Å². The Morgan fingerprint density at radius 1 is 1.11 bits per heavy atom. The molecular formula is C28H27ClN8O. The van der Waals surface area contributed by atoms with Gasteiger partial charge in [0.2, 0.25) is 11.9 Å². The number of likely N-dealkylation sites (N-methyl/N-ethyl adjacent to an activating group) is 1. The van der Waals surface area contributed by atoms with Crippen LogP contribution in [0.1, 0.15) is 5.56 Å². The number of nitrogens with zero attached hydrogens (tertiary/aromatic N) is 5. The van der Waals surface area contributed by atoms with Gasteiger partial charge in [-0.1, -0.05) is 48.0 Å². The van der Waals surface area contributed by atoms with Crippen molar-refractivity contribution < 1.29 is 4.79 Å². The van der Waals surface area contributed by atoms with E-state index in [1.54, 1.807) is 18.5 Å². The SMILES string of the molecule is CN(C)C/C=C/C(=O)Nc1ccc(Cn2cc(Nc3ncc(Cl)c(-c4c[nH]c5ccccc45)n3)cn2)cc1. The number of hydrogen-bond acceptors (Lipinski definition) is 6. The molecule has 0 spiro atoms. The summed E-state index contributed by atoms with van der Waals surface area (Å²) in [5, 5.41) is 12.0. The van der Waals surface area contributed by atoms with Gasteiger partial charge in [-0.3, -0.25) is 9.48 Å². The molecular weight excluding hydrogens is 500 g/mol. The van der Waals surface area contributed by atoms with Gasteiger partial charge < -0.3 is 20.5 Å². The van der Waals surface area contributed by atoms with Crippen molar-refractivity contribution in [3.63, 3.8) is 0 Å². The van der Waals surface area contributed by atoms with Gasteiger partial charge in [-0.2, -0.15) is 5.10 Å². The van der Waals surface area contributed by atoms with Gasteiger partial charge in [-0.25, -0.2) is 9.97 Å². The number of benzene rings is 2. The molecule has 0 bridgehead atoms. The van der Waals surface area contributed by atoms with Crippen LogP contribution in [-0.4, -0.2) is 56.2 Å². The lowest BCUT2D eigenvalue weighted by Crippen LogP contribution is -2.12. The second-order valence-corrected chi connectivity index (χ2v) is 9.45. The summed E-state index contributed by atoms with van der Waals surface area (Å²) in [6.07, 6.45) is 10.5. The van der Waals surface area contributed by atoms with Crippen molar-refractivity contribution in [3.05, 3.63) is 96.1 Å². The number of rotatable bonds is 9. The first kappa shape index (κ1) is 25.2. The topological polar surface area (TPSA) is 104 Å². The van der Waals surface area contributed by atoms with Crippen molar-refractivity contribution in [2.75, 3.05) is 31.3 Å². The highest BCUT2D eigenvalue weighted by Gasteiger charge is 2.13. The Morgan fingerprint density at radius 2 is 1.92 bits per heavy atom. The molecule has 0 saturated carbocycles. The molecule has 0 saturated heterocycles. The van der Waals surface area contributed by atoms with E-state index < -0.39 is 0 Å². The normalized spacial score (nSPS) is 11.5. The standard InChI is InChI=1S/C28H27ClN8O/c1-36(2)13-5-8-26(38)33-20-11-9-19(10-12-20)17-37-18-21(14-32-37)34-28-31-16-24(29)27(35-28)23-15-30-25-7-4-3-6-22(23)25/h3-12,14-16,18,30H,13,17H2,1-2H3,(H,33,38)(H,31,34,35)/b8-5+. The number of halogens is 1. The zero-order valence-electron chi connectivity index (χ0n) is 21.0. The van der Waals surface area contributed by atoms with Crippen LogP contribution in [-0.2, 0) is 11.3 Å². The van der Waals surface area contributed by atoms with E-state index in [1.807, 2.05) is 90.7 Å². The fraction of sp³-hybridized carbons (Fsp3) is 0.143. The second-order valence-electron chi connectivity index (χ2n) is 9.04. The summed E-state index contributed by atoms with van der Waals surface area (Å²) in [6.45, 7) is 1.28. The molecule has 38 heavy (non-hydrogen) atoms. The van der Waals surface area contributed by atoms with E-state index in [2.05, 4.69) is 30.7 Å². The summed E-state index contributed by atoms with van der Waals surface area (Å²) in [5.74, 6) is 0.272. The summed E-state index contributed by atoms with van der Waals surface area (Å²) in [7, 11) is 3.90. The number of amides is 1. The minimum atomic E-state index is -0.153. The van der Waals surface area contributed by atoms with Crippen LogP contribution in [0.4, 0.5) is 17.3 Å². The lowest BCUT2D eigenvalue weighted by molar-refractivity contribution is -0.111. The first-order valence-electron chi connectivity index (χ1n) is 12.0. The highest BCUT2D eigenvalue weighted by molar-refractivity contribution is 6.33. The van der Waals surface area contributed by atoms with Gasteiger partial charge in [0.1, 0.15) is 0 Å². The lowest BCUT2D eigenvalue weighted by Gasteiger charge is -2.07. The summed E-state index contributed by atoms with van der Waals surface area (Å²) >= 11 is 6.45. The smallest absolute Gasteiger partial charge is 0.248 e. The van der Waals surface area contributed by atoms with Crippen LogP contribution in [0.3, 0.4) is 0 Å². The van der Waals surface area contributed by atoms with E-state index in [0.717, 1.165) is 33.4 Å². The van der Waals surface area contributed by atoms with Crippen LogP contribution >= 0.6 is 11.6 Å². The van der Waals surface area contributed by atoms with Crippen LogP contribution in [0.15, 0.2) is 85.5 Å². The van der Waals surface area contributed by atoms with Crippen molar-refractivity contribution in [2.24, 2.45) is 0 Å². The first-order chi connectivity index (χ1) is 18.4. The molecule has 5 rings (SSSR count). The Bertz CT molecular complexity index is 1590. The number of nitrogens with one attached hydrogen (secondary N) is 3. The van der Waals surface area contributed by atoms with E-state index >= 15 is 0 Å². The van der Waals surface area contributed by atoms with Gasteiger partial charge in [-0.15, -0.1) is 0 Å². The average molecular weight is 527 g/mol. The molecule has 10 heteroatoms. The largest absolute Gasteiger partial charge is 0.360 e. The molecule has 3 aromatic heterocycles. The van der Waals surface area contributed by atoms with Crippen LogP contribution in [0.5, 0.6) is 0 Å². The van der Waals surface area contributed by atoms with Crippen LogP contribution in [0.25, 0.3) is 22.2 Å². The number of fused-ring (bicyclic) bond motifs is 1. The third kappa shape index (κ3) is 6.08. The van der Waals surface area contributed by atoms with Gasteiger partial charge in [0.05, 0.1) is 35.3 Å². The van der Waals surface area contributed by atoms with E-state index in [9.17, 15) is 4.79 Å². The molecule has 3 heterocycles. The summed E-state index contributed by atoms with van der Waals surface area (Å²) in [6, 6.07) is 15.7. The Labute approximate surface area is 225 Å². The maximum atomic E-state index is 12.0. The van der Waals surface area contributed by atoms with Crippen molar-refractivity contribution in [1.29, 1.82) is 0 Å². The van der Waals surface area contributed by atoms with Crippen LogP contribution < -0.4 is 10.6 Å². The molecule has 0 unspecified atom stereocenters. The van der Waals surface area contributed by atoms with Crippen molar-refractivity contribution >= 4 is 45.7 Å². The number of aromatic nitrogens is 5. The third-order valence-corrected chi connectivity index (χ3v) is 6.06. The van der Waals surface area contributed by atoms with Gasteiger partial charge in [0, 0.05) is 47.2 Å². The number of aromatic amines is 1. The van der Waals surface area contributed by atoms with Gasteiger partial charge in [0.15, 0.2) is 0 Å². The quantitative estimate of drug-likeness (QED) is 0.224. The Morgan fingerprint density at radius 3 is 2.74 bits per heavy atom. The van der Waals surface area contributed by atoms with E-state index in [1.165, 1.54) is 0 Å². The molecule has 5 aromatic rings. The Kier molecular flexibility index (Phi) is 7.48. The predicted octanol–water partition coefficient (Wildman–Crippen LogP) is 5.32. The molecule has 0 atom stereocenters. The maximum Gasteiger partial charge on any atom is 0.248 e. The molecule has 0 aliphatic rings. The van der Waals surface area contributed by atoms with Crippen LogP contribution in [0.2, 0.25) is 5.02 Å². The summed E-state index contributed by atoms with van der Waals surface area (Å²) < 4.78 is 1.82. The van der Waals surface area contributed by atoms with E-state index in [4.69, 9.17) is 11.6 Å². The van der Waals surface area contributed by atoms with Gasteiger partial charge >= 0.3 is 0 Å². The van der Waals surface area contributed by atoms with Crippen molar-refractivity contribution in [2.45, 2.75) is 6.54 Å². The summed E-state index contributed by atoms with van der Waals surface area (Å²) in [4.78, 5) is 26.3. The molecule has 0 radical (unpaired) electrons. The highest BCUT2D eigenvalue weighted by Crippen LogP contribution is 2.32. The molecule has 2 aromatic carbocycles. The minimum Gasteiger partial charge on any atom is -0.360 e. The van der Waals surface area contributed by atoms with Gasteiger partial charge in [0.25, 0.3) is 0 Å². The third-order valence-electron chi connectivity index (χ3n) is 5.78. The molecule has 9 nitrogen and oxygen atoms in total. The molecule has 0 fully saturated rings. The number of carbonyl (C=O) groups is 1. The fourth-order valence-corrected chi connectivity index (χ4v) is 4.16. The zero-order chi connectivity index (χ0) is 26.5. The predicted molar refractivity (Wildman–Crippen MR) is 152 cm³/mol. The van der Waals surface area contributed by atoms with Gasteiger partial charge in [-0.05, 0) is 37.9 Å². The number of hydrogen-bond donors (Lipinski definition) is 3. The molecule has 1 amide bonds. The number of H-pyrrole nitrogens is 1. The first-order valence-corrected chi connectivity index (χ1v) is 12.4. The Hall–Kier alpha value is -4.47. The molecule has 192 valence electrons. The monoisotopic (exact) mass is 526 g/mol. The average Bonchev–Trinajstić information content (AvgIpc) is 3.53. The zero-order valence-corrected chi connectivity index (χ0v) is 21.8. The number of carbonyl (C=O) groups excluding carboxylic acids is 1. The minimum absolute atomic E-state index is 0.153. The van der Waals surface area contributed by atoms with E-state index in [-0.39, 0.29) is 5.91 Å². The second kappa shape index (κ2) is 11.3.